The highest BCUT2D eigenvalue weighted by atomic mass is 35.5. The third kappa shape index (κ3) is 5.83. The molecule has 1 aliphatic heterocycles. The van der Waals surface area contributed by atoms with Crippen LogP contribution in [0.25, 0.3) is 0 Å². The highest BCUT2D eigenvalue weighted by Gasteiger charge is 2.22. The van der Waals surface area contributed by atoms with E-state index in [0.29, 0.717) is 12.1 Å². The molecule has 2 rings (SSSR count). The van der Waals surface area contributed by atoms with Gasteiger partial charge in [0.1, 0.15) is 5.82 Å². The van der Waals surface area contributed by atoms with Gasteiger partial charge in [-0.2, -0.15) is 0 Å². The first-order chi connectivity index (χ1) is 10.2. The van der Waals surface area contributed by atoms with E-state index in [1.54, 1.807) is 6.20 Å². The van der Waals surface area contributed by atoms with Crippen LogP contribution in [0.1, 0.15) is 43.5 Å². The smallest absolute Gasteiger partial charge is 0.255 e. The number of carbonyl (C=O) groups is 1. The second kappa shape index (κ2) is 10.7. The second-order valence-electron chi connectivity index (χ2n) is 5.64. The highest BCUT2D eigenvalue weighted by Crippen LogP contribution is 2.15. The van der Waals surface area contributed by atoms with Crippen LogP contribution in [0.3, 0.4) is 0 Å². The number of likely N-dealkylation sites (tertiary alicyclic amines) is 1. The Bertz CT molecular complexity index is 470. The zero-order valence-electron chi connectivity index (χ0n) is 13.9. The summed E-state index contributed by atoms with van der Waals surface area (Å²) in [7, 11) is 0. The predicted octanol–water partition coefficient (Wildman–Crippen LogP) is 2.72. The van der Waals surface area contributed by atoms with Crippen LogP contribution in [-0.2, 0) is 0 Å². The maximum absolute atomic E-state index is 12.4. The number of pyridine rings is 1. The van der Waals surface area contributed by atoms with Crippen molar-refractivity contribution in [2.75, 3.05) is 31.1 Å². The van der Waals surface area contributed by atoms with Gasteiger partial charge in [0.05, 0.1) is 5.56 Å². The van der Waals surface area contributed by atoms with Crippen LogP contribution in [0.5, 0.6) is 0 Å². The van der Waals surface area contributed by atoms with Crippen molar-refractivity contribution in [1.29, 1.82) is 0 Å². The van der Waals surface area contributed by atoms with E-state index in [0.717, 1.165) is 44.7 Å². The number of hydrogen-bond donors (Lipinski definition) is 1. The van der Waals surface area contributed by atoms with Crippen LogP contribution in [0.2, 0.25) is 0 Å². The average Bonchev–Trinajstić information content (AvgIpc) is 2.52. The van der Waals surface area contributed by atoms with Crippen molar-refractivity contribution in [2.45, 2.75) is 39.2 Å². The van der Waals surface area contributed by atoms with Gasteiger partial charge in [-0.3, -0.25) is 4.79 Å². The van der Waals surface area contributed by atoms with Gasteiger partial charge >= 0.3 is 0 Å². The van der Waals surface area contributed by atoms with Gasteiger partial charge in [0.25, 0.3) is 5.91 Å². The molecule has 7 heteroatoms. The molecule has 0 radical (unpaired) electrons. The molecule has 0 saturated carbocycles. The Morgan fingerprint density at radius 3 is 2.65 bits per heavy atom. The van der Waals surface area contributed by atoms with E-state index in [9.17, 15) is 4.79 Å². The summed E-state index contributed by atoms with van der Waals surface area (Å²) >= 11 is 0. The molecule has 0 aromatic carbocycles. The van der Waals surface area contributed by atoms with Gasteiger partial charge in [-0.25, -0.2) is 4.98 Å². The maximum Gasteiger partial charge on any atom is 0.255 e. The zero-order valence-corrected chi connectivity index (χ0v) is 15.5. The molecule has 1 aromatic heterocycles. The lowest BCUT2D eigenvalue weighted by Crippen LogP contribution is -2.45. The topological polar surface area (TPSA) is 62.5 Å². The Hall–Kier alpha value is -1.04. The van der Waals surface area contributed by atoms with Gasteiger partial charge in [0.15, 0.2) is 0 Å². The quantitative estimate of drug-likeness (QED) is 0.874. The molecule has 0 bridgehead atoms. The molecule has 1 unspecified atom stereocenters. The monoisotopic (exact) mass is 362 g/mol. The third-order valence-corrected chi connectivity index (χ3v) is 3.94. The average molecular weight is 363 g/mol. The number of amides is 1. The van der Waals surface area contributed by atoms with E-state index in [1.807, 2.05) is 17.0 Å². The minimum atomic E-state index is 0. The standard InChI is InChI=1S/C16H26N4O.2ClH/c1-3-9-19(4-2)15-8-7-13(11-18-15)16(21)20-10-5-6-14(17)12-20;;/h7-8,11,14H,3-6,9-10,12,17H2,1-2H3;2*1H. The molecule has 1 aliphatic rings. The first-order valence-electron chi connectivity index (χ1n) is 7.91. The summed E-state index contributed by atoms with van der Waals surface area (Å²) in [5, 5.41) is 0. The van der Waals surface area contributed by atoms with Crippen LogP contribution in [0.4, 0.5) is 5.82 Å². The Labute approximate surface area is 151 Å². The van der Waals surface area contributed by atoms with E-state index in [-0.39, 0.29) is 36.8 Å². The van der Waals surface area contributed by atoms with Crippen LogP contribution in [-0.4, -0.2) is 48.0 Å². The molecule has 1 atom stereocenters. The van der Waals surface area contributed by atoms with E-state index in [4.69, 9.17) is 5.73 Å². The summed E-state index contributed by atoms with van der Waals surface area (Å²) in [5.41, 5.74) is 6.59. The van der Waals surface area contributed by atoms with Crippen molar-refractivity contribution in [3.05, 3.63) is 23.9 Å². The summed E-state index contributed by atoms with van der Waals surface area (Å²) in [6, 6.07) is 3.93. The number of rotatable bonds is 5. The molecule has 0 aliphatic carbocycles. The van der Waals surface area contributed by atoms with Crippen molar-refractivity contribution >= 4 is 36.5 Å². The third-order valence-electron chi connectivity index (χ3n) is 3.94. The van der Waals surface area contributed by atoms with Gasteiger partial charge in [-0.1, -0.05) is 6.92 Å². The Balaban J connectivity index is 0.00000242. The molecule has 2 N–H and O–H groups in total. The molecular formula is C16H28Cl2N4O. The van der Waals surface area contributed by atoms with Crippen LogP contribution in [0, 0.1) is 0 Å². The highest BCUT2D eigenvalue weighted by molar-refractivity contribution is 5.94. The Kier molecular flexibility index (Phi) is 10.2. The molecule has 2 heterocycles. The molecule has 5 nitrogen and oxygen atoms in total. The van der Waals surface area contributed by atoms with E-state index in [1.165, 1.54) is 0 Å². The fourth-order valence-electron chi connectivity index (χ4n) is 2.78. The molecule has 1 saturated heterocycles. The lowest BCUT2D eigenvalue weighted by molar-refractivity contribution is 0.0708. The van der Waals surface area contributed by atoms with E-state index in [2.05, 4.69) is 23.7 Å². The fourth-order valence-corrected chi connectivity index (χ4v) is 2.78. The van der Waals surface area contributed by atoms with Gasteiger partial charge in [0, 0.05) is 38.4 Å². The molecule has 1 aromatic rings. The summed E-state index contributed by atoms with van der Waals surface area (Å²) < 4.78 is 0. The largest absolute Gasteiger partial charge is 0.357 e. The fraction of sp³-hybridized carbons (Fsp3) is 0.625. The second-order valence-corrected chi connectivity index (χ2v) is 5.64. The summed E-state index contributed by atoms with van der Waals surface area (Å²) in [4.78, 5) is 20.9. The van der Waals surface area contributed by atoms with Gasteiger partial charge < -0.3 is 15.5 Å². The van der Waals surface area contributed by atoms with Crippen LogP contribution < -0.4 is 10.6 Å². The Morgan fingerprint density at radius 1 is 1.39 bits per heavy atom. The van der Waals surface area contributed by atoms with E-state index >= 15 is 0 Å². The first kappa shape index (κ1) is 22.0. The first-order valence-corrected chi connectivity index (χ1v) is 7.91. The number of halogens is 2. The normalized spacial score (nSPS) is 17.0. The summed E-state index contributed by atoms with van der Waals surface area (Å²) in [6.07, 6.45) is 4.76. The Morgan fingerprint density at radius 2 is 2.13 bits per heavy atom. The van der Waals surface area contributed by atoms with Gasteiger partial charge in [0.2, 0.25) is 0 Å². The van der Waals surface area contributed by atoms with Crippen molar-refractivity contribution in [1.82, 2.24) is 9.88 Å². The van der Waals surface area contributed by atoms with Crippen molar-refractivity contribution in [3.63, 3.8) is 0 Å². The van der Waals surface area contributed by atoms with Crippen LogP contribution in [0.15, 0.2) is 18.3 Å². The number of nitrogens with zero attached hydrogens (tertiary/aromatic N) is 3. The van der Waals surface area contributed by atoms with Crippen molar-refractivity contribution in [3.8, 4) is 0 Å². The number of aromatic nitrogens is 1. The lowest BCUT2D eigenvalue weighted by Gasteiger charge is -2.30. The number of nitrogens with two attached hydrogens (primary N) is 1. The predicted molar refractivity (Wildman–Crippen MR) is 100 cm³/mol. The SMILES string of the molecule is CCCN(CC)c1ccc(C(=O)N2CCCC(N)C2)cn1.Cl.Cl. The minimum absolute atomic E-state index is 0. The van der Waals surface area contributed by atoms with Crippen molar-refractivity contribution < 1.29 is 4.79 Å². The zero-order chi connectivity index (χ0) is 15.2. The molecule has 1 amide bonds. The number of anilines is 1. The van der Waals surface area contributed by atoms with E-state index < -0.39 is 0 Å². The van der Waals surface area contributed by atoms with Crippen LogP contribution >= 0.6 is 24.8 Å². The molecule has 23 heavy (non-hydrogen) atoms. The minimum Gasteiger partial charge on any atom is -0.357 e. The van der Waals surface area contributed by atoms with Gasteiger partial charge in [-0.15, -0.1) is 24.8 Å². The lowest BCUT2D eigenvalue weighted by atomic mass is 10.1. The maximum atomic E-state index is 12.4. The molecule has 0 spiro atoms. The molecule has 132 valence electrons. The number of piperidine rings is 1. The summed E-state index contributed by atoms with van der Waals surface area (Å²) in [6.45, 7) is 7.63. The number of hydrogen-bond acceptors (Lipinski definition) is 4. The van der Waals surface area contributed by atoms with Gasteiger partial charge in [-0.05, 0) is 38.3 Å². The van der Waals surface area contributed by atoms with Crippen molar-refractivity contribution in [2.24, 2.45) is 5.73 Å². The molecular weight excluding hydrogens is 335 g/mol. The summed E-state index contributed by atoms with van der Waals surface area (Å²) in [5.74, 6) is 0.981. The molecule has 1 fully saturated rings. The number of carbonyl (C=O) groups excluding carboxylic acids is 1.